The van der Waals surface area contributed by atoms with Crippen molar-refractivity contribution in [3.8, 4) is 0 Å². The van der Waals surface area contributed by atoms with E-state index in [1.807, 2.05) is 13.8 Å². The number of hydrogen-bond acceptors (Lipinski definition) is 4. The van der Waals surface area contributed by atoms with Crippen LogP contribution in [0.1, 0.15) is 13.8 Å². The van der Waals surface area contributed by atoms with Crippen LogP contribution in [0, 0.1) is 0 Å². The Kier molecular flexibility index (Phi) is 8.33. The molecular formula is C9H24N4. The minimum Gasteiger partial charge on any atom is -0.304 e. The predicted octanol–water partition coefficient (Wildman–Crippen LogP) is -0.277. The van der Waals surface area contributed by atoms with Crippen LogP contribution in [0.15, 0.2) is 0 Å². The van der Waals surface area contributed by atoms with E-state index in [0.717, 1.165) is 13.1 Å². The number of likely N-dealkylation sites (N-methyl/N-ethyl adjacent to an activating group) is 1. The van der Waals surface area contributed by atoms with Crippen molar-refractivity contribution in [3.63, 3.8) is 0 Å². The van der Waals surface area contributed by atoms with Crippen molar-refractivity contribution >= 4 is 0 Å². The number of nitrogens with one attached hydrogen (secondary N) is 1. The molecule has 3 N–H and O–H groups in total. The Hall–Kier alpha value is -0.160. The highest BCUT2D eigenvalue weighted by molar-refractivity contribution is 4.68. The van der Waals surface area contributed by atoms with Crippen LogP contribution < -0.4 is 11.3 Å². The highest BCUT2D eigenvalue weighted by Gasteiger charge is 2.11. The van der Waals surface area contributed by atoms with E-state index in [0.29, 0.717) is 0 Å². The first kappa shape index (κ1) is 12.8. The van der Waals surface area contributed by atoms with Crippen molar-refractivity contribution in [3.05, 3.63) is 0 Å². The third kappa shape index (κ3) is 5.99. The van der Waals surface area contributed by atoms with E-state index in [1.165, 1.54) is 26.2 Å². The topological polar surface area (TPSA) is 44.5 Å². The second-order valence-electron chi connectivity index (χ2n) is 3.10. The molecule has 0 radical (unpaired) electrons. The summed E-state index contributed by atoms with van der Waals surface area (Å²) in [6.07, 6.45) is 0. The van der Waals surface area contributed by atoms with Gasteiger partial charge >= 0.3 is 0 Å². The molecule has 1 heterocycles. The van der Waals surface area contributed by atoms with Gasteiger partial charge in [0.15, 0.2) is 0 Å². The molecule has 1 aliphatic heterocycles. The van der Waals surface area contributed by atoms with Crippen LogP contribution in [-0.4, -0.2) is 56.1 Å². The van der Waals surface area contributed by atoms with E-state index in [-0.39, 0.29) is 0 Å². The Bertz CT molecular complexity index is 97.0. The Morgan fingerprint density at radius 3 is 2.15 bits per heavy atom. The average Bonchev–Trinajstić information content (AvgIpc) is 2.20. The molecule has 1 fully saturated rings. The van der Waals surface area contributed by atoms with E-state index in [2.05, 4.69) is 22.3 Å². The van der Waals surface area contributed by atoms with Gasteiger partial charge in [0.2, 0.25) is 0 Å². The largest absolute Gasteiger partial charge is 0.304 e. The molecule has 4 heteroatoms. The van der Waals surface area contributed by atoms with Crippen molar-refractivity contribution in [2.45, 2.75) is 13.8 Å². The van der Waals surface area contributed by atoms with Gasteiger partial charge in [-0.05, 0) is 7.05 Å². The summed E-state index contributed by atoms with van der Waals surface area (Å²) in [7, 11) is 2.17. The fraction of sp³-hybridized carbons (Fsp3) is 1.00. The molecule has 1 rings (SSSR count). The Morgan fingerprint density at radius 1 is 1.15 bits per heavy atom. The maximum atomic E-state index is 5.19. The van der Waals surface area contributed by atoms with Gasteiger partial charge in [0.1, 0.15) is 0 Å². The van der Waals surface area contributed by atoms with Crippen molar-refractivity contribution < 1.29 is 0 Å². The van der Waals surface area contributed by atoms with Crippen LogP contribution in [0.5, 0.6) is 0 Å². The summed E-state index contributed by atoms with van der Waals surface area (Å²) in [5, 5.41) is 0. The molecule has 1 aliphatic rings. The average molecular weight is 188 g/mol. The normalized spacial score (nSPS) is 19.4. The van der Waals surface area contributed by atoms with Crippen LogP contribution in [0.4, 0.5) is 0 Å². The van der Waals surface area contributed by atoms with Gasteiger partial charge in [0.25, 0.3) is 0 Å². The first-order chi connectivity index (χ1) is 6.33. The lowest BCUT2D eigenvalue weighted by Gasteiger charge is -2.32. The molecule has 0 saturated carbocycles. The van der Waals surface area contributed by atoms with Gasteiger partial charge in [-0.1, -0.05) is 13.8 Å². The van der Waals surface area contributed by atoms with Gasteiger partial charge in [-0.25, -0.2) is 0 Å². The summed E-state index contributed by atoms with van der Waals surface area (Å²) in [4.78, 5) is 4.78. The molecule has 80 valence electrons. The number of hydrogen-bond donors (Lipinski definition) is 2. The van der Waals surface area contributed by atoms with Crippen molar-refractivity contribution in [2.24, 2.45) is 5.84 Å². The van der Waals surface area contributed by atoms with E-state index in [4.69, 9.17) is 5.84 Å². The van der Waals surface area contributed by atoms with Gasteiger partial charge in [0.05, 0.1) is 0 Å². The Labute approximate surface area is 82.0 Å². The highest BCUT2D eigenvalue weighted by Crippen LogP contribution is 1.96. The second kappa shape index (κ2) is 8.44. The number of rotatable bonds is 3. The molecule has 1 saturated heterocycles. The molecule has 0 aromatic heterocycles. The molecule has 0 bridgehead atoms. The van der Waals surface area contributed by atoms with E-state index >= 15 is 0 Å². The molecule has 0 aliphatic carbocycles. The minimum atomic E-state index is 0.893. The zero-order chi connectivity index (χ0) is 10.1. The maximum absolute atomic E-state index is 5.19. The Morgan fingerprint density at radius 2 is 1.69 bits per heavy atom. The lowest BCUT2D eigenvalue weighted by molar-refractivity contribution is 0.155. The zero-order valence-corrected chi connectivity index (χ0v) is 9.21. The molecule has 0 unspecified atom stereocenters. The number of nitrogens with zero attached hydrogens (tertiary/aromatic N) is 2. The van der Waals surface area contributed by atoms with Crippen LogP contribution in [0.2, 0.25) is 0 Å². The van der Waals surface area contributed by atoms with Crippen LogP contribution in [0.3, 0.4) is 0 Å². The number of piperazine rings is 1. The van der Waals surface area contributed by atoms with Crippen molar-refractivity contribution in [2.75, 3.05) is 46.3 Å². The lowest BCUT2D eigenvalue weighted by Crippen LogP contribution is -2.47. The standard InChI is InChI=1S/C7H18N4.C2H6/c1-10-4-6-11(7-5-10)3-2-9-8;1-2/h9H,2-8H2,1H3;1-2H3. The second-order valence-corrected chi connectivity index (χ2v) is 3.10. The maximum Gasteiger partial charge on any atom is 0.0225 e. The molecule has 0 aromatic rings. The molecule has 0 amide bonds. The van der Waals surface area contributed by atoms with Gasteiger partial charge < -0.3 is 4.90 Å². The van der Waals surface area contributed by atoms with Gasteiger partial charge in [-0.2, -0.15) is 0 Å². The van der Waals surface area contributed by atoms with Crippen molar-refractivity contribution in [1.29, 1.82) is 0 Å². The summed E-state index contributed by atoms with van der Waals surface area (Å²) in [5.74, 6) is 5.19. The monoisotopic (exact) mass is 188 g/mol. The molecule has 13 heavy (non-hydrogen) atoms. The van der Waals surface area contributed by atoms with Crippen LogP contribution in [0.25, 0.3) is 0 Å². The molecule has 4 nitrogen and oxygen atoms in total. The van der Waals surface area contributed by atoms with Gasteiger partial charge in [-0.15, -0.1) is 0 Å². The SMILES string of the molecule is CC.CN1CCN(CCNN)CC1. The quantitative estimate of drug-likeness (QED) is 0.472. The first-order valence-corrected chi connectivity index (χ1v) is 5.17. The van der Waals surface area contributed by atoms with E-state index in [9.17, 15) is 0 Å². The fourth-order valence-corrected chi connectivity index (χ4v) is 1.29. The number of hydrazine groups is 1. The summed E-state index contributed by atoms with van der Waals surface area (Å²) in [5.41, 5.74) is 2.67. The van der Waals surface area contributed by atoms with Crippen molar-refractivity contribution in [1.82, 2.24) is 15.2 Å². The molecule has 0 aromatic carbocycles. The summed E-state index contributed by atoms with van der Waals surface area (Å²) in [6, 6.07) is 0. The van der Waals surface area contributed by atoms with Crippen LogP contribution in [-0.2, 0) is 0 Å². The summed E-state index contributed by atoms with van der Waals surface area (Å²) >= 11 is 0. The summed E-state index contributed by atoms with van der Waals surface area (Å²) in [6.45, 7) is 10.7. The van der Waals surface area contributed by atoms with Gasteiger partial charge in [-0.3, -0.25) is 16.2 Å². The van der Waals surface area contributed by atoms with E-state index < -0.39 is 0 Å². The Balaban J connectivity index is 0.000000671. The molecule has 0 atom stereocenters. The first-order valence-electron chi connectivity index (χ1n) is 5.17. The lowest BCUT2D eigenvalue weighted by atomic mass is 10.3. The molecular weight excluding hydrogens is 164 g/mol. The number of nitrogens with two attached hydrogens (primary N) is 1. The fourth-order valence-electron chi connectivity index (χ4n) is 1.29. The van der Waals surface area contributed by atoms with E-state index in [1.54, 1.807) is 0 Å². The van der Waals surface area contributed by atoms with Gasteiger partial charge in [0, 0.05) is 39.3 Å². The zero-order valence-electron chi connectivity index (χ0n) is 9.21. The smallest absolute Gasteiger partial charge is 0.0225 e. The minimum absolute atomic E-state index is 0.893. The van der Waals surface area contributed by atoms with Crippen LogP contribution >= 0.6 is 0 Å². The predicted molar refractivity (Wildman–Crippen MR) is 57.5 cm³/mol. The third-order valence-electron chi connectivity index (χ3n) is 2.17. The third-order valence-corrected chi connectivity index (χ3v) is 2.17. The summed E-state index contributed by atoms with van der Waals surface area (Å²) < 4.78 is 0. The molecule has 0 spiro atoms. The highest BCUT2D eigenvalue weighted by atomic mass is 15.3.